The van der Waals surface area contributed by atoms with Gasteiger partial charge in [0, 0.05) is 37.6 Å². The minimum absolute atomic E-state index is 0.125. The predicted octanol–water partition coefficient (Wildman–Crippen LogP) is 2.96. The van der Waals surface area contributed by atoms with Gasteiger partial charge in [-0.1, -0.05) is 30.3 Å². The second-order valence-corrected chi connectivity index (χ2v) is 7.40. The van der Waals surface area contributed by atoms with Crippen molar-refractivity contribution in [2.75, 3.05) is 19.6 Å². The molecule has 0 spiro atoms. The summed E-state index contributed by atoms with van der Waals surface area (Å²) in [7, 11) is 0. The van der Waals surface area contributed by atoms with Gasteiger partial charge in [-0.2, -0.15) is 5.10 Å². The van der Waals surface area contributed by atoms with E-state index in [0.717, 1.165) is 39.0 Å². The van der Waals surface area contributed by atoms with Crippen LogP contribution in [-0.2, 0) is 11.3 Å². The number of fused-ring (bicyclic) bond motifs is 1. The molecule has 0 N–H and O–H groups in total. The van der Waals surface area contributed by atoms with Crippen LogP contribution in [0.5, 0.6) is 0 Å². The summed E-state index contributed by atoms with van der Waals surface area (Å²) in [6, 6.07) is 13.4. The molecule has 1 amide bonds. The highest BCUT2D eigenvalue weighted by molar-refractivity contribution is 5.80. The Bertz CT molecular complexity index is 715. The van der Waals surface area contributed by atoms with Crippen molar-refractivity contribution in [3.8, 4) is 0 Å². The van der Waals surface area contributed by atoms with Crippen LogP contribution in [0.1, 0.15) is 37.8 Å². The highest BCUT2D eigenvalue weighted by Crippen LogP contribution is 2.45. The molecule has 3 atom stereocenters. The Morgan fingerprint density at radius 3 is 2.85 bits per heavy atom. The molecule has 0 bridgehead atoms. The van der Waals surface area contributed by atoms with E-state index in [0.29, 0.717) is 18.0 Å². The van der Waals surface area contributed by atoms with Gasteiger partial charge in [0.2, 0.25) is 5.91 Å². The molecule has 138 valence electrons. The Hall–Kier alpha value is -2.14. The molecule has 2 aliphatic rings. The van der Waals surface area contributed by atoms with Gasteiger partial charge in [-0.05, 0) is 44.4 Å². The van der Waals surface area contributed by atoms with Gasteiger partial charge in [-0.15, -0.1) is 0 Å². The average Bonchev–Trinajstić information content (AvgIpc) is 3.40. The number of aromatic nitrogens is 2. The molecule has 0 unspecified atom stereocenters. The van der Waals surface area contributed by atoms with Crippen LogP contribution in [0.4, 0.5) is 0 Å². The van der Waals surface area contributed by atoms with Crippen LogP contribution in [0, 0.1) is 5.92 Å². The summed E-state index contributed by atoms with van der Waals surface area (Å²) in [5.41, 5.74) is 1.36. The molecule has 4 rings (SSSR count). The molecule has 5 nitrogen and oxygen atoms in total. The molecular weight excluding hydrogens is 324 g/mol. The Morgan fingerprint density at radius 2 is 2.12 bits per heavy atom. The second-order valence-electron chi connectivity index (χ2n) is 7.40. The van der Waals surface area contributed by atoms with E-state index >= 15 is 0 Å². The smallest absolute Gasteiger partial charge is 0.227 e. The lowest BCUT2D eigenvalue weighted by atomic mass is 9.93. The molecule has 0 radical (unpaired) electrons. The third-order valence-electron chi connectivity index (χ3n) is 6.04. The fourth-order valence-electron chi connectivity index (χ4n) is 4.75. The summed E-state index contributed by atoms with van der Waals surface area (Å²) < 4.78 is 1.90. The van der Waals surface area contributed by atoms with Crippen LogP contribution in [0.3, 0.4) is 0 Å². The zero-order valence-corrected chi connectivity index (χ0v) is 15.5. The highest BCUT2D eigenvalue weighted by Gasteiger charge is 2.47. The number of benzene rings is 1. The largest absolute Gasteiger partial charge is 0.341 e. The summed E-state index contributed by atoms with van der Waals surface area (Å²) in [5, 5.41) is 4.25. The van der Waals surface area contributed by atoms with Gasteiger partial charge in [0.1, 0.15) is 0 Å². The zero-order chi connectivity index (χ0) is 17.9. The van der Waals surface area contributed by atoms with Gasteiger partial charge in [-0.3, -0.25) is 14.4 Å². The quantitative estimate of drug-likeness (QED) is 0.803. The van der Waals surface area contributed by atoms with E-state index in [1.54, 1.807) is 6.20 Å². The maximum absolute atomic E-state index is 13.3. The first-order chi connectivity index (χ1) is 12.8. The van der Waals surface area contributed by atoms with Crippen molar-refractivity contribution < 1.29 is 4.79 Å². The van der Waals surface area contributed by atoms with E-state index in [-0.39, 0.29) is 5.92 Å². The number of hydrogen-bond donors (Lipinski definition) is 0. The van der Waals surface area contributed by atoms with Crippen molar-refractivity contribution in [1.29, 1.82) is 0 Å². The molecule has 26 heavy (non-hydrogen) atoms. The monoisotopic (exact) mass is 352 g/mol. The van der Waals surface area contributed by atoms with Gasteiger partial charge in [0.05, 0.1) is 12.5 Å². The summed E-state index contributed by atoms with van der Waals surface area (Å²) >= 11 is 0. The first kappa shape index (κ1) is 17.3. The molecule has 2 aliphatic heterocycles. The number of carbonyl (C=O) groups is 1. The fourth-order valence-corrected chi connectivity index (χ4v) is 4.75. The Balaban J connectivity index is 1.47. The molecule has 0 aliphatic carbocycles. The number of carbonyl (C=O) groups excluding carboxylic acids is 1. The van der Waals surface area contributed by atoms with Gasteiger partial charge >= 0.3 is 0 Å². The van der Waals surface area contributed by atoms with Gasteiger partial charge in [0.25, 0.3) is 0 Å². The Morgan fingerprint density at radius 1 is 1.27 bits per heavy atom. The van der Waals surface area contributed by atoms with E-state index in [9.17, 15) is 4.79 Å². The summed E-state index contributed by atoms with van der Waals surface area (Å²) in [4.78, 5) is 17.9. The van der Waals surface area contributed by atoms with Crippen LogP contribution in [-0.4, -0.2) is 51.2 Å². The van der Waals surface area contributed by atoms with Crippen LogP contribution >= 0.6 is 0 Å². The van der Waals surface area contributed by atoms with Crippen molar-refractivity contribution in [2.24, 2.45) is 5.92 Å². The molecule has 1 aromatic heterocycles. The number of amides is 1. The molecule has 2 aromatic rings. The lowest BCUT2D eigenvalue weighted by Crippen LogP contribution is -2.42. The van der Waals surface area contributed by atoms with E-state index in [1.807, 2.05) is 21.8 Å². The van der Waals surface area contributed by atoms with E-state index < -0.39 is 0 Å². The highest BCUT2D eigenvalue weighted by atomic mass is 16.2. The maximum Gasteiger partial charge on any atom is 0.227 e. The third-order valence-corrected chi connectivity index (χ3v) is 6.04. The molecule has 2 saturated heterocycles. The summed E-state index contributed by atoms with van der Waals surface area (Å²) in [6.45, 7) is 5.45. The topological polar surface area (TPSA) is 41.4 Å². The van der Waals surface area contributed by atoms with Crippen molar-refractivity contribution in [3.05, 3.63) is 54.4 Å². The fraction of sp³-hybridized carbons (Fsp3) is 0.524. The van der Waals surface area contributed by atoms with E-state index in [4.69, 9.17) is 0 Å². The molecule has 0 saturated carbocycles. The van der Waals surface area contributed by atoms with Crippen LogP contribution in [0.15, 0.2) is 48.8 Å². The second kappa shape index (κ2) is 7.62. The van der Waals surface area contributed by atoms with Gasteiger partial charge < -0.3 is 4.90 Å². The lowest BCUT2D eigenvalue weighted by Gasteiger charge is -2.27. The van der Waals surface area contributed by atoms with Crippen LogP contribution in [0.25, 0.3) is 0 Å². The van der Waals surface area contributed by atoms with Crippen LogP contribution in [0.2, 0.25) is 0 Å². The van der Waals surface area contributed by atoms with Crippen molar-refractivity contribution >= 4 is 5.91 Å². The predicted molar refractivity (Wildman–Crippen MR) is 101 cm³/mol. The Labute approximate surface area is 155 Å². The molecule has 3 heterocycles. The number of nitrogens with zero attached hydrogens (tertiary/aromatic N) is 4. The van der Waals surface area contributed by atoms with Gasteiger partial charge in [-0.25, -0.2) is 0 Å². The van der Waals surface area contributed by atoms with Gasteiger partial charge in [0.15, 0.2) is 0 Å². The van der Waals surface area contributed by atoms with Crippen molar-refractivity contribution in [2.45, 2.75) is 44.8 Å². The maximum atomic E-state index is 13.3. The number of likely N-dealkylation sites (N-methyl/N-ethyl adjacent to an activating group) is 1. The Kier molecular flexibility index (Phi) is 5.07. The third kappa shape index (κ3) is 3.28. The minimum atomic E-state index is 0.125. The van der Waals surface area contributed by atoms with E-state index in [1.165, 1.54) is 12.0 Å². The molecular formula is C21H28N4O. The van der Waals surface area contributed by atoms with Crippen molar-refractivity contribution in [3.63, 3.8) is 0 Å². The first-order valence-corrected chi connectivity index (χ1v) is 9.85. The standard InChI is InChI=1S/C21H28N4O/c1-2-23(14-15-24-12-7-11-22-24)21(26)18-16-20(17-8-4-3-5-9-17)25-13-6-10-19(18)25/h3-5,7-9,11-12,18-20H,2,6,10,13-16H2,1H3/t18-,19+,20-/m0/s1. The molecule has 5 heteroatoms. The number of rotatable bonds is 6. The first-order valence-electron chi connectivity index (χ1n) is 9.85. The van der Waals surface area contributed by atoms with E-state index in [2.05, 4.69) is 47.3 Å². The minimum Gasteiger partial charge on any atom is -0.341 e. The normalized spacial score (nSPS) is 25.3. The average molecular weight is 352 g/mol. The molecule has 2 fully saturated rings. The summed E-state index contributed by atoms with van der Waals surface area (Å²) in [5.74, 6) is 0.454. The SMILES string of the molecule is CCN(CCn1cccn1)C(=O)[C@H]1C[C@@H](c2ccccc2)N2CCC[C@H]12. The summed E-state index contributed by atoms with van der Waals surface area (Å²) in [6.07, 6.45) is 7.05. The number of hydrogen-bond acceptors (Lipinski definition) is 3. The zero-order valence-electron chi connectivity index (χ0n) is 15.5. The van der Waals surface area contributed by atoms with Crippen LogP contribution < -0.4 is 0 Å². The lowest BCUT2D eigenvalue weighted by molar-refractivity contribution is -0.136. The van der Waals surface area contributed by atoms with Crippen molar-refractivity contribution in [1.82, 2.24) is 19.6 Å². The molecule has 1 aromatic carbocycles.